The molecule has 1 fully saturated rings. The van der Waals surface area contributed by atoms with Crippen LogP contribution in [0.4, 0.5) is 18.9 Å². The van der Waals surface area contributed by atoms with Crippen molar-refractivity contribution in [3.05, 3.63) is 70.5 Å². The van der Waals surface area contributed by atoms with Crippen molar-refractivity contribution < 1.29 is 18.3 Å². The number of aliphatic hydroxyl groups excluding tert-OH is 1. The third kappa shape index (κ3) is 3.19. The number of anilines is 1. The number of rotatable bonds is 2. The van der Waals surface area contributed by atoms with Gasteiger partial charge in [0.1, 0.15) is 0 Å². The summed E-state index contributed by atoms with van der Waals surface area (Å²) in [5.41, 5.74) is -0.219. The molecule has 1 aliphatic heterocycles. The summed E-state index contributed by atoms with van der Waals surface area (Å²) in [6.45, 7) is 0.830. The van der Waals surface area contributed by atoms with Crippen molar-refractivity contribution in [2.45, 2.75) is 18.7 Å². The Morgan fingerprint density at radius 1 is 1.07 bits per heavy atom. The topological polar surface area (TPSA) is 45.5 Å². The molecular weight excluding hydrogens is 357 g/mol. The van der Waals surface area contributed by atoms with Gasteiger partial charge in [-0.05, 0) is 36.8 Å². The van der Waals surface area contributed by atoms with E-state index in [2.05, 4.69) is 0 Å². The van der Waals surface area contributed by atoms with Gasteiger partial charge in [0.05, 0.1) is 22.9 Å². The van der Waals surface area contributed by atoms with Crippen LogP contribution in [0.1, 0.15) is 12.0 Å². The molecule has 3 aromatic rings. The van der Waals surface area contributed by atoms with Crippen LogP contribution in [0.5, 0.6) is 0 Å². The monoisotopic (exact) mass is 374 g/mol. The number of pyridine rings is 1. The molecule has 0 saturated carbocycles. The van der Waals surface area contributed by atoms with E-state index in [1.54, 1.807) is 35.2 Å². The summed E-state index contributed by atoms with van der Waals surface area (Å²) in [6, 6.07) is 12.0. The Kier molecular flexibility index (Phi) is 4.19. The van der Waals surface area contributed by atoms with Gasteiger partial charge in [-0.3, -0.25) is 4.79 Å². The fourth-order valence-electron chi connectivity index (χ4n) is 3.55. The van der Waals surface area contributed by atoms with Gasteiger partial charge in [-0.1, -0.05) is 12.1 Å². The van der Waals surface area contributed by atoms with Crippen LogP contribution >= 0.6 is 0 Å². The number of aromatic nitrogens is 1. The Morgan fingerprint density at radius 3 is 2.56 bits per heavy atom. The maximum absolute atomic E-state index is 13.8. The summed E-state index contributed by atoms with van der Waals surface area (Å²) in [6.07, 6.45) is -3.18. The molecule has 0 spiro atoms. The standard InChI is InChI=1S/C20H17F3N2O2/c21-20(22,23)16-11-13(24-9-7-14(26)12-24)5-6-18(16)25-10-8-19(27)15-3-1-2-4-17(15)25/h1-6,8,10-11,14,26H,7,9,12H2. The molecule has 2 aromatic carbocycles. The lowest BCUT2D eigenvalue weighted by Gasteiger charge is -2.22. The number of hydrogen-bond acceptors (Lipinski definition) is 3. The van der Waals surface area contributed by atoms with Crippen molar-refractivity contribution in [1.82, 2.24) is 4.57 Å². The lowest BCUT2D eigenvalue weighted by molar-refractivity contribution is -0.137. The number of aliphatic hydroxyl groups is 1. The van der Waals surface area contributed by atoms with Crippen LogP contribution in [-0.2, 0) is 6.18 Å². The molecule has 0 amide bonds. The summed E-state index contributed by atoms with van der Waals surface area (Å²) in [5, 5.41) is 10.0. The second-order valence-corrected chi connectivity index (χ2v) is 6.65. The van der Waals surface area contributed by atoms with Crippen LogP contribution < -0.4 is 10.3 Å². The maximum atomic E-state index is 13.8. The van der Waals surface area contributed by atoms with Gasteiger partial charge < -0.3 is 14.6 Å². The molecule has 1 saturated heterocycles. The van der Waals surface area contributed by atoms with E-state index < -0.39 is 17.8 Å². The first-order valence-electron chi connectivity index (χ1n) is 8.59. The number of para-hydroxylation sites is 1. The lowest BCUT2D eigenvalue weighted by atomic mass is 10.1. The second-order valence-electron chi connectivity index (χ2n) is 6.65. The number of nitrogens with zero attached hydrogens (tertiary/aromatic N) is 2. The molecule has 4 rings (SSSR count). The Hall–Kier alpha value is -2.80. The zero-order valence-corrected chi connectivity index (χ0v) is 14.3. The van der Waals surface area contributed by atoms with E-state index in [1.165, 1.54) is 22.9 Å². The minimum Gasteiger partial charge on any atom is -0.391 e. The van der Waals surface area contributed by atoms with E-state index in [4.69, 9.17) is 0 Å². The first kappa shape index (κ1) is 17.6. The highest BCUT2D eigenvalue weighted by molar-refractivity contribution is 5.81. The van der Waals surface area contributed by atoms with Crippen LogP contribution in [0.3, 0.4) is 0 Å². The number of alkyl halides is 3. The highest BCUT2D eigenvalue weighted by Crippen LogP contribution is 2.37. The Morgan fingerprint density at radius 2 is 1.85 bits per heavy atom. The molecule has 1 N–H and O–H groups in total. The fraction of sp³-hybridized carbons (Fsp3) is 0.250. The number of halogens is 3. The van der Waals surface area contributed by atoms with Gasteiger partial charge in [-0.15, -0.1) is 0 Å². The van der Waals surface area contributed by atoms with Gasteiger partial charge in [-0.25, -0.2) is 0 Å². The number of benzene rings is 2. The lowest BCUT2D eigenvalue weighted by Crippen LogP contribution is -2.22. The first-order chi connectivity index (χ1) is 12.8. The molecule has 140 valence electrons. The van der Waals surface area contributed by atoms with Crippen LogP contribution in [0.15, 0.2) is 59.5 Å². The van der Waals surface area contributed by atoms with Crippen LogP contribution in [0.25, 0.3) is 16.6 Å². The number of hydrogen-bond donors (Lipinski definition) is 1. The zero-order chi connectivity index (χ0) is 19.2. The smallest absolute Gasteiger partial charge is 0.391 e. The van der Waals surface area contributed by atoms with Crippen LogP contribution in [0.2, 0.25) is 0 Å². The molecule has 0 bridgehead atoms. The molecule has 7 heteroatoms. The van der Waals surface area contributed by atoms with E-state index in [1.807, 2.05) is 0 Å². The first-order valence-corrected chi connectivity index (χ1v) is 8.59. The minimum atomic E-state index is -4.56. The van der Waals surface area contributed by atoms with Crippen molar-refractivity contribution >= 4 is 16.6 Å². The predicted octanol–water partition coefficient (Wildman–Crippen LogP) is 3.58. The summed E-state index contributed by atoms with van der Waals surface area (Å²) < 4.78 is 42.8. The summed E-state index contributed by atoms with van der Waals surface area (Å²) in [4.78, 5) is 13.8. The molecule has 0 aliphatic carbocycles. The highest BCUT2D eigenvalue weighted by Gasteiger charge is 2.35. The van der Waals surface area contributed by atoms with Gasteiger partial charge >= 0.3 is 6.18 Å². The van der Waals surface area contributed by atoms with E-state index in [-0.39, 0.29) is 11.1 Å². The molecule has 2 heterocycles. The molecule has 1 aromatic heterocycles. The molecule has 1 unspecified atom stereocenters. The summed E-state index contributed by atoms with van der Waals surface area (Å²) in [7, 11) is 0. The molecule has 0 radical (unpaired) electrons. The van der Waals surface area contributed by atoms with Gasteiger partial charge in [0.15, 0.2) is 5.43 Å². The van der Waals surface area contributed by atoms with Crippen LogP contribution in [0, 0.1) is 0 Å². The van der Waals surface area contributed by atoms with Crippen molar-refractivity contribution in [3.8, 4) is 5.69 Å². The molecule has 1 aliphatic rings. The number of fused-ring (bicyclic) bond motifs is 1. The fourth-order valence-corrected chi connectivity index (χ4v) is 3.55. The van der Waals surface area contributed by atoms with Crippen molar-refractivity contribution in [1.29, 1.82) is 0 Å². The maximum Gasteiger partial charge on any atom is 0.418 e. The minimum absolute atomic E-state index is 0.0396. The Bertz CT molecular complexity index is 1060. The van der Waals surface area contributed by atoms with Crippen molar-refractivity contribution in [3.63, 3.8) is 0 Å². The summed E-state index contributed by atoms with van der Waals surface area (Å²) in [5.74, 6) is 0. The second kappa shape index (κ2) is 6.42. The summed E-state index contributed by atoms with van der Waals surface area (Å²) >= 11 is 0. The van der Waals surface area contributed by atoms with Gasteiger partial charge in [-0.2, -0.15) is 13.2 Å². The Labute approximate surface area is 153 Å². The third-order valence-electron chi connectivity index (χ3n) is 4.88. The average Bonchev–Trinajstić information content (AvgIpc) is 3.08. The Balaban J connectivity index is 1.91. The average molecular weight is 374 g/mol. The van der Waals surface area contributed by atoms with Crippen molar-refractivity contribution in [2.75, 3.05) is 18.0 Å². The van der Waals surface area contributed by atoms with E-state index in [9.17, 15) is 23.1 Å². The van der Waals surface area contributed by atoms with E-state index in [0.717, 1.165) is 6.07 Å². The largest absolute Gasteiger partial charge is 0.418 e. The van der Waals surface area contributed by atoms with Gasteiger partial charge in [0.2, 0.25) is 0 Å². The van der Waals surface area contributed by atoms with Crippen LogP contribution in [-0.4, -0.2) is 28.9 Å². The van der Waals surface area contributed by atoms with Gasteiger partial charge in [0.25, 0.3) is 0 Å². The highest BCUT2D eigenvalue weighted by atomic mass is 19.4. The quantitative estimate of drug-likeness (QED) is 0.746. The van der Waals surface area contributed by atoms with E-state index in [0.29, 0.717) is 36.1 Å². The number of β-amino-alcohol motifs (C(OH)–C–C–N with tert-alkyl or cyclic N) is 1. The SMILES string of the molecule is O=c1ccn(-c2ccc(N3CCC(O)C3)cc2C(F)(F)F)c2ccccc12. The normalized spacial score (nSPS) is 17.6. The van der Waals surface area contributed by atoms with Crippen molar-refractivity contribution in [2.24, 2.45) is 0 Å². The van der Waals surface area contributed by atoms with Gasteiger partial charge in [0, 0.05) is 36.4 Å². The zero-order valence-electron chi connectivity index (χ0n) is 14.3. The van der Waals surface area contributed by atoms with E-state index >= 15 is 0 Å². The predicted molar refractivity (Wildman–Crippen MR) is 97.4 cm³/mol. The molecule has 27 heavy (non-hydrogen) atoms. The molecule has 1 atom stereocenters. The molecular formula is C20H17F3N2O2. The third-order valence-corrected chi connectivity index (χ3v) is 4.88. The molecule has 4 nitrogen and oxygen atoms in total.